The highest BCUT2D eigenvalue weighted by Crippen LogP contribution is 2.23. The number of carbonyl (C=O) groups excluding carboxylic acids is 2. The van der Waals surface area contributed by atoms with Gasteiger partial charge < -0.3 is 15.3 Å². The molecule has 5 rings (SSSR count). The van der Waals surface area contributed by atoms with Crippen molar-refractivity contribution in [1.82, 2.24) is 29.0 Å². The zero-order valence-electron chi connectivity index (χ0n) is 16.7. The lowest BCUT2D eigenvalue weighted by Gasteiger charge is -2.30. The van der Waals surface area contributed by atoms with E-state index in [9.17, 15) is 14.7 Å². The van der Waals surface area contributed by atoms with Crippen LogP contribution in [0.5, 0.6) is 5.75 Å². The number of fused-ring (bicyclic) bond motifs is 1. The Kier molecular flexibility index (Phi) is 4.39. The van der Waals surface area contributed by atoms with E-state index in [1.807, 2.05) is 6.07 Å². The summed E-state index contributed by atoms with van der Waals surface area (Å²) >= 11 is 0. The minimum Gasteiger partial charge on any atom is -0.508 e. The van der Waals surface area contributed by atoms with Gasteiger partial charge in [0.1, 0.15) is 17.3 Å². The van der Waals surface area contributed by atoms with Crippen molar-refractivity contribution >= 4 is 23.4 Å². The average molecular weight is 417 g/mol. The molecule has 31 heavy (non-hydrogen) atoms. The Bertz CT molecular complexity index is 1320. The number of nitrogens with zero attached hydrogens (tertiary/aromatic N) is 6. The largest absolute Gasteiger partial charge is 0.508 e. The van der Waals surface area contributed by atoms with Gasteiger partial charge in [0.05, 0.1) is 17.5 Å². The first-order chi connectivity index (χ1) is 15.0. The van der Waals surface area contributed by atoms with Crippen LogP contribution in [0.2, 0.25) is 0 Å². The number of hydrogen-bond donors (Lipinski definition) is 2. The monoisotopic (exact) mass is 417 g/mol. The molecule has 0 atom stereocenters. The summed E-state index contributed by atoms with van der Waals surface area (Å²) in [6.07, 6.45) is 5.90. The Morgan fingerprint density at radius 3 is 2.74 bits per heavy atom. The second-order valence-electron chi connectivity index (χ2n) is 7.33. The summed E-state index contributed by atoms with van der Waals surface area (Å²) in [5.41, 5.74) is 1.84. The van der Waals surface area contributed by atoms with Crippen LogP contribution in [0.4, 0.5) is 5.82 Å². The zero-order valence-corrected chi connectivity index (χ0v) is 16.7. The van der Waals surface area contributed by atoms with Crippen LogP contribution in [0.1, 0.15) is 27.3 Å². The highest BCUT2D eigenvalue weighted by Gasteiger charge is 2.28. The van der Waals surface area contributed by atoms with Crippen LogP contribution in [0.15, 0.2) is 48.9 Å². The Hall–Kier alpha value is -4.21. The third kappa shape index (κ3) is 3.37. The van der Waals surface area contributed by atoms with Gasteiger partial charge in [-0.15, -0.1) is 0 Å². The van der Waals surface area contributed by atoms with Gasteiger partial charge in [-0.05, 0) is 24.6 Å². The molecule has 1 fully saturated rings. The fraction of sp³-hybridized carbons (Fsp3) is 0.190. The molecule has 0 saturated carbocycles. The quantitative estimate of drug-likeness (QED) is 0.524. The first-order valence-corrected chi connectivity index (χ1v) is 9.77. The van der Waals surface area contributed by atoms with Crippen LogP contribution in [0, 0.1) is 0 Å². The van der Waals surface area contributed by atoms with E-state index in [0.29, 0.717) is 30.4 Å². The van der Waals surface area contributed by atoms with E-state index < -0.39 is 5.91 Å². The molecule has 1 aliphatic rings. The van der Waals surface area contributed by atoms with Gasteiger partial charge in [0.25, 0.3) is 11.8 Å². The number of amides is 2. The molecule has 4 heterocycles. The summed E-state index contributed by atoms with van der Waals surface area (Å²) in [5, 5.41) is 16.5. The number of likely N-dealkylation sites (tertiary alicyclic amines) is 1. The minimum absolute atomic E-state index is 0.148. The van der Waals surface area contributed by atoms with Crippen LogP contribution in [0.25, 0.3) is 17.0 Å². The second kappa shape index (κ2) is 7.24. The summed E-state index contributed by atoms with van der Waals surface area (Å²) in [5.74, 6) is 0.166. The van der Waals surface area contributed by atoms with Gasteiger partial charge in [-0.25, -0.2) is 4.98 Å². The topological polar surface area (TPSA) is 118 Å². The van der Waals surface area contributed by atoms with Crippen LogP contribution in [0.3, 0.4) is 0 Å². The van der Waals surface area contributed by atoms with Crippen LogP contribution in [-0.4, -0.2) is 59.1 Å². The maximum atomic E-state index is 12.9. The molecule has 0 bridgehead atoms. The molecule has 1 aromatic carbocycles. The van der Waals surface area contributed by atoms with E-state index in [-0.39, 0.29) is 22.9 Å². The van der Waals surface area contributed by atoms with Crippen LogP contribution >= 0.6 is 0 Å². The van der Waals surface area contributed by atoms with Crippen molar-refractivity contribution in [3.05, 3.63) is 60.2 Å². The lowest BCUT2D eigenvalue weighted by molar-refractivity contribution is 0.0648. The number of phenolic OH excluding ortho intramolecular Hbond substituents is 1. The number of anilines is 1. The van der Waals surface area contributed by atoms with E-state index >= 15 is 0 Å². The maximum absolute atomic E-state index is 12.9. The summed E-state index contributed by atoms with van der Waals surface area (Å²) in [4.78, 5) is 36.1. The van der Waals surface area contributed by atoms with E-state index in [2.05, 4.69) is 20.4 Å². The number of benzene rings is 1. The standard InChI is InChI=1S/C21H19N7O3/c1-26-18(15(11-22-26)20(31)27-7-3-8-27)19(30)24-17-6-9-28-12-16(23-21(28)25-17)13-4-2-5-14(29)10-13/h2,4-6,9-12,29H,3,7-8H2,1H3,(H,23,24,25,30). The van der Waals surface area contributed by atoms with Gasteiger partial charge in [0.2, 0.25) is 5.78 Å². The highest BCUT2D eigenvalue weighted by atomic mass is 16.3. The number of nitrogens with one attached hydrogen (secondary N) is 1. The Morgan fingerprint density at radius 1 is 1.16 bits per heavy atom. The summed E-state index contributed by atoms with van der Waals surface area (Å²) in [6.45, 7) is 1.38. The molecular formula is C21H19N7O3. The van der Waals surface area contributed by atoms with E-state index in [1.54, 1.807) is 53.0 Å². The Labute approximate surface area is 176 Å². The molecule has 0 unspecified atom stereocenters. The van der Waals surface area contributed by atoms with E-state index in [1.165, 1.54) is 10.9 Å². The van der Waals surface area contributed by atoms with Gasteiger partial charge in [-0.1, -0.05) is 12.1 Å². The number of hydrogen-bond acceptors (Lipinski definition) is 6. The third-order valence-electron chi connectivity index (χ3n) is 5.24. The third-order valence-corrected chi connectivity index (χ3v) is 5.24. The van der Waals surface area contributed by atoms with Crippen molar-refractivity contribution < 1.29 is 14.7 Å². The summed E-state index contributed by atoms with van der Waals surface area (Å²) < 4.78 is 3.11. The molecule has 10 nitrogen and oxygen atoms in total. The fourth-order valence-electron chi connectivity index (χ4n) is 3.47. The van der Waals surface area contributed by atoms with Crippen molar-refractivity contribution in [3.63, 3.8) is 0 Å². The number of carbonyl (C=O) groups is 2. The first kappa shape index (κ1) is 18.8. The number of aryl methyl sites for hydroxylation is 1. The molecule has 1 saturated heterocycles. The predicted octanol–water partition coefficient (Wildman–Crippen LogP) is 1.93. The molecule has 0 radical (unpaired) electrons. The Morgan fingerprint density at radius 2 is 2.00 bits per heavy atom. The Balaban J connectivity index is 1.41. The number of imidazole rings is 1. The van der Waals surface area contributed by atoms with Gasteiger partial charge in [-0.2, -0.15) is 10.1 Å². The predicted molar refractivity (Wildman–Crippen MR) is 112 cm³/mol. The van der Waals surface area contributed by atoms with Gasteiger partial charge >= 0.3 is 0 Å². The van der Waals surface area contributed by atoms with Crippen molar-refractivity contribution in [1.29, 1.82) is 0 Å². The average Bonchev–Trinajstić information content (AvgIpc) is 3.29. The normalized spacial score (nSPS) is 13.3. The lowest BCUT2D eigenvalue weighted by Crippen LogP contribution is -2.42. The molecule has 156 valence electrons. The van der Waals surface area contributed by atoms with Gasteiger partial charge in [0.15, 0.2) is 0 Å². The van der Waals surface area contributed by atoms with Crippen molar-refractivity contribution in [2.45, 2.75) is 6.42 Å². The van der Waals surface area contributed by atoms with Crippen molar-refractivity contribution in [2.24, 2.45) is 7.05 Å². The summed E-state index contributed by atoms with van der Waals surface area (Å²) in [7, 11) is 1.62. The molecule has 0 aliphatic carbocycles. The van der Waals surface area contributed by atoms with Crippen molar-refractivity contribution in [2.75, 3.05) is 18.4 Å². The molecule has 4 aromatic rings. The van der Waals surface area contributed by atoms with Crippen LogP contribution in [-0.2, 0) is 7.05 Å². The smallest absolute Gasteiger partial charge is 0.275 e. The SMILES string of the molecule is Cn1ncc(C(=O)N2CCC2)c1C(=O)Nc1ccn2cc(-c3cccc(O)c3)nc2n1. The molecule has 0 spiro atoms. The molecule has 2 amide bonds. The molecule has 10 heteroatoms. The highest BCUT2D eigenvalue weighted by molar-refractivity contribution is 6.10. The zero-order chi connectivity index (χ0) is 21.5. The number of aromatic nitrogens is 5. The van der Waals surface area contributed by atoms with Gasteiger partial charge in [0, 0.05) is 38.1 Å². The van der Waals surface area contributed by atoms with Crippen LogP contribution < -0.4 is 5.32 Å². The van der Waals surface area contributed by atoms with E-state index in [4.69, 9.17) is 0 Å². The summed E-state index contributed by atoms with van der Waals surface area (Å²) in [6, 6.07) is 8.42. The number of rotatable bonds is 4. The van der Waals surface area contributed by atoms with Gasteiger partial charge in [-0.3, -0.25) is 18.7 Å². The molecule has 1 aliphatic heterocycles. The molecule has 3 aromatic heterocycles. The first-order valence-electron chi connectivity index (χ1n) is 9.77. The number of aromatic hydroxyl groups is 1. The molecule has 2 N–H and O–H groups in total. The second-order valence-corrected chi connectivity index (χ2v) is 7.33. The lowest BCUT2D eigenvalue weighted by atomic mass is 10.1. The number of phenols is 1. The van der Waals surface area contributed by atoms with E-state index in [0.717, 1.165) is 12.0 Å². The minimum atomic E-state index is -0.472. The van der Waals surface area contributed by atoms with Crippen molar-refractivity contribution in [3.8, 4) is 17.0 Å². The molecular weight excluding hydrogens is 398 g/mol. The maximum Gasteiger partial charge on any atom is 0.275 e. The fourth-order valence-corrected chi connectivity index (χ4v) is 3.47.